The second-order valence-electron chi connectivity index (χ2n) is 4.96. The van der Waals surface area contributed by atoms with E-state index in [4.69, 9.17) is 0 Å². The molecule has 9 heteroatoms. The Morgan fingerprint density at radius 1 is 1.09 bits per heavy atom. The summed E-state index contributed by atoms with van der Waals surface area (Å²) >= 11 is 0.941. The van der Waals surface area contributed by atoms with Crippen LogP contribution >= 0.6 is 23.9 Å². The molecule has 0 atom stereocenters. The Kier molecular flexibility index (Phi) is 5.51. The highest BCUT2D eigenvalue weighted by Gasteiger charge is 2.30. The lowest BCUT2D eigenvalue weighted by Gasteiger charge is -2.30. The van der Waals surface area contributed by atoms with Gasteiger partial charge in [-0.2, -0.15) is 8.68 Å². The van der Waals surface area contributed by atoms with E-state index in [0.717, 1.165) is 30.2 Å². The summed E-state index contributed by atoms with van der Waals surface area (Å²) < 4.78 is 30.8. The Hall–Kier alpha value is -1.06. The van der Waals surface area contributed by atoms with Crippen molar-refractivity contribution in [2.45, 2.75) is 4.34 Å². The fourth-order valence-electron chi connectivity index (χ4n) is 2.16. The fourth-order valence-corrected chi connectivity index (χ4v) is 4.47. The maximum absolute atomic E-state index is 12.6. The maximum atomic E-state index is 12.6. The van der Waals surface area contributed by atoms with Gasteiger partial charge in [-0.3, -0.25) is 0 Å². The van der Waals surface area contributed by atoms with E-state index in [-0.39, 0.29) is 16.7 Å². The molecule has 1 aromatic heterocycles. The number of aromatic nitrogens is 2. The molecule has 0 amide bonds. The lowest BCUT2D eigenvalue weighted by atomic mass is 10.2. The molecule has 120 valence electrons. The van der Waals surface area contributed by atoms with E-state index in [9.17, 15) is 8.42 Å². The van der Waals surface area contributed by atoms with E-state index in [1.165, 1.54) is 4.31 Å². The standard InChI is InChI=1S/C13H16N4O2S2.ClH/c1-16-7-9-17(10-8-16)21(18,19)13-14-12(15-20-13)11-5-3-2-4-6-11;/h2-6H,7-10H2,1H3;1H. The van der Waals surface area contributed by atoms with Gasteiger partial charge in [-0.15, -0.1) is 12.4 Å². The molecule has 22 heavy (non-hydrogen) atoms. The van der Waals surface area contributed by atoms with E-state index >= 15 is 0 Å². The lowest BCUT2D eigenvalue weighted by molar-refractivity contribution is 0.222. The van der Waals surface area contributed by atoms with Gasteiger partial charge in [0.1, 0.15) is 0 Å². The molecule has 1 aromatic carbocycles. The molecule has 0 spiro atoms. The van der Waals surface area contributed by atoms with Crippen LogP contribution in [0.2, 0.25) is 0 Å². The molecular formula is C13H17ClN4O2S2. The molecule has 3 rings (SSSR count). The molecule has 2 aromatic rings. The van der Waals surface area contributed by atoms with Gasteiger partial charge in [0.2, 0.25) is 4.34 Å². The summed E-state index contributed by atoms with van der Waals surface area (Å²) in [6, 6.07) is 9.40. The average Bonchev–Trinajstić information content (AvgIpc) is 2.99. The molecular weight excluding hydrogens is 344 g/mol. The molecule has 0 saturated carbocycles. The summed E-state index contributed by atoms with van der Waals surface area (Å²) in [6.07, 6.45) is 0. The van der Waals surface area contributed by atoms with Crippen molar-refractivity contribution in [3.63, 3.8) is 0 Å². The van der Waals surface area contributed by atoms with Crippen molar-refractivity contribution in [2.24, 2.45) is 0 Å². The number of benzene rings is 1. The number of nitrogens with zero attached hydrogens (tertiary/aromatic N) is 4. The fraction of sp³-hybridized carbons (Fsp3) is 0.385. The minimum absolute atomic E-state index is 0. The number of rotatable bonds is 3. The van der Waals surface area contributed by atoms with Crippen LogP contribution in [0.1, 0.15) is 0 Å². The minimum Gasteiger partial charge on any atom is -0.304 e. The van der Waals surface area contributed by atoms with Crippen LogP contribution < -0.4 is 0 Å². The van der Waals surface area contributed by atoms with E-state index in [1.54, 1.807) is 0 Å². The molecule has 6 nitrogen and oxygen atoms in total. The van der Waals surface area contributed by atoms with Crippen LogP contribution in [0.15, 0.2) is 34.7 Å². The van der Waals surface area contributed by atoms with Crippen LogP contribution in [0, 0.1) is 0 Å². The van der Waals surface area contributed by atoms with Crippen LogP contribution in [0.25, 0.3) is 11.4 Å². The summed E-state index contributed by atoms with van der Waals surface area (Å²) in [4.78, 5) is 6.32. The number of hydrogen-bond acceptors (Lipinski definition) is 6. The largest absolute Gasteiger partial charge is 0.304 e. The zero-order valence-corrected chi connectivity index (χ0v) is 14.5. The number of likely N-dealkylation sites (N-methyl/N-ethyl adjacent to an activating group) is 1. The summed E-state index contributed by atoms with van der Waals surface area (Å²) in [6.45, 7) is 2.48. The minimum atomic E-state index is -3.52. The maximum Gasteiger partial charge on any atom is 0.272 e. The zero-order chi connectivity index (χ0) is 14.9. The van der Waals surface area contributed by atoms with E-state index in [0.29, 0.717) is 18.9 Å². The topological polar surface area (TPSA) is 66.4 Å². The highest BCUT2D eigenvalue weighted by atomic mass is 35.5. The molecule has 1 aliphatic heterocycles. The van der Waals surface area contributed by atoms with Crippen molar-refractivity contribution < 1.29 is 8.42 Å². The van der Waals surface area contributed by atoms with Gasteiger partial charge >= 0.3 is 0 Å². The Bertz CT molecular complexity index is 713. The van der Waals surface area contributed by atoms with Crippen LogP contribution in [-0.2, 0) is 10.0 Å². The predicted octanol–water partition coefficient (Wildman–Crippen LogP) is 1.56. The van der Waals surface area contributed by atoms with E-state index < -0.39 is 10.0 Å². The van der Waals surface area contributed by atoms with E-state index in [1.807, 2.05) is 37.4 Å². The molecule has 0 radical (unpaired) electrons. The van der Waals surface area contributed by atoms with Gasteiger partial charge in [0.05, 0.1) is 0 Å². The summed E-state index contributed by atoms with van der Waals surface area (Å²) in [5.74, 6) is 0.466. The Labute approximate surface area is 140 Å². The number of sulfonamides is 1. The van der Waals surface area contributed by atoms with Gasteiger partial charge in [0.25, 0.3) is 10.0 Å². The lowest BCUT2D eigenvalue weighted by Crippen LogP contribution is -2.46. The summed E-state index contributed by atoms with van der Waals surface area (Å²) in [5, 5.41) is 0. The van der Waals surface area contributed by atoms with Crippen molar-refractivity contribution in [1.29, 1.82) is 0 Å². The van der Waals surface area contributed by atoms with Crippen LogP contribution in [-0.4, -0.2) is 60.2 Å². The number of hydrogen-bond donors (Lipinski definition) is 0. The molecule has 1 fully saturated rings. The molecule has 2 heterocycles. The third-order valence-electron chi connectivity index (χ3n) is 3.46. The monoisotopic (exact) mass is 360 g/mol. The summed E-state index contributed by atoms with van der Waals surface area (Å²) in [5.41, 5.74) is 0.827. The van der Waals surface area contributed by atoms with Gasteiger partial charge < -0.3 is 4.90 Å². The molecule has 0 N–H and O–H groups in total. The highest BCUT2D eigenvalue weighted by Crippen LogP contribution is 2.23. The zero-order valence-electron chi connectivity index (χ0n) is 12.0. The molecule has 1 aliphatic rings. The second-order valence-corrected chi connectivity index (χ2v) is 7.82. The number of piperazine rings is 1. The molecule has 0 aliphatic carbocycles. The van der Waals surface area contributed by atoms with Gasteiger partial charge in [0, 0.05) is 31.7 Å². The Balaban J connectivity index is 0.00000176. The average molecular weight is 361 g/mol. The Morgan fingerprint density at radius 2 is 1.73 bits per heavy atom. The van der Waals surface area contributed by atoms with Gasteiger partial charge in [0.15, 0.2) is 5.82 Å². The third kappa shape index (κ3) is 3.47. The Morgan fingerprint density at radius 3 is 2.36 bits per heavy atom. The normalized spacial score (nSPS) is 17.1. The van der Waals surface area contributed by atoms with Crippen molar-refractivity contribution in [3.8, 4) is 11.4 Å². The summed E-state index contributed by atoms with van der Waals surface area (Å²) in [7, 11) is -1.53. The van der Waals surface area contributed by atoms with Crippen molar-refractivity contribution in [2.75, 3.05) is 33.2 Å². The smallest absolute Gasteiger partial charge is 0.272 e. The predicted molar refractivity (Wildman–Crippen MR) is 88.8 cm³/mol. The third-order valence-corrected chi connectivity index (χ3v) is 6.41. The van der Waals surface area contributed by atoms with Crippen LogP contribution in [0.4, 0.5) is 0 Å². The van der Waals surface area contributed by atoms with Gasteiger partial charge in [-0.05, 0) is 18.6 Å². The van der Waals surface area contributed by atoms with Crippen molar-refractivity contribution in [1.82, 2.24) is 18.6 Å². The van der Waals surface area contributed by atoms with E-state index in [2.05, 4.69) is 14.3 Å². The first-order chi connectivity index (χ1) is 10.1. The SMILES string of the molecule is CN1CCN(S(=O)(=O)c2nc(-c3ccccc3)ns2)CC1.Cl. The van der Waals surface area contributed by atoms with Crippen LogP contribution in [0.5, 0.6) is 0 Å². The molecule has 0 unspecified atom stereocenters. The van der Waals surface area contributed by atoms with Gasteiger partial charge in [-0.25, -0.2) is 13.4 Å². The van der Waals surface area contributed by atoms with Crippen LogP contribution in [0.3, 0.4) is 0 Å². The quantitative estimate of drug-likeness (QED) is 0.831. The van der Waals surface area contributed by atoms with Crippen molar-refractivity contribution >= 4 is 34.0 Å². The molecule has 0 bridgehead atoms. The number of halogens is 1. The second kappa shape index (κ2) is 7.01. The highest BCUT2D eigenvalue weighted by molar-refractivity contribution is 7.91. The van der Waals surface area contributed by atoms with Gasteiger partial charge in [-0.1, -0.05) is 30.3 Å². The first-order valence-electron chi connectivity index (χ1n) is 6.65. The molecule has 1 saturated heterocycles. The first-order valence-corrected chi connectivity index (χ1v) is 8.86. The van der Waals surface area contributed by atoms with Crippen molar-refractivity contribution in [3.05, 3.63) is 30.3 Å². The first kappa shape index (κ1) is 17.3.